The molecule has 0 saturated heterocycles. The average Bonchev–Trinajstić information content (AvgIpc) is 2.26. The van der Waals surface area contributed by atoms with Crippen molar-refractivity contribution in [2.75, 3.05) is 20.3 Å². The molecule has 15 heavy (non-hydrogen) atoms. The van der Waals surface area contributed by atoms with Crippen molar-refractivity contribution in [2.24, 2.45) is 11.7 Å². The molecule has 0 rings (SSSR count). The predicted octanol–water partition coefficient (Wildman–Crippen LogP) is 1.33. The fourth-order valence-electron chi connectivity index (χ4n) is 1.39. The summed E-state index contributed by atoms with van der Waals surface area (Å²) in [6.07, 6.45) is 3.41. The summed E-state index contributed by atoms with van der Waals surface area (Å²) < 4.78 is 9.90. The molecule has 0 aliphatic rings. The summed E-state index contributed by atoms with van der Waals surface area (Å²) in [7, 11) is 1.33. The molecule has 0 aromatic heterocycles. The van der Waals surface area contributed by atoms with E-state index >= 15 is 0 Å². The first kappa shape index (κ1) is 14.4. The third-order valence-corrected chi connectivity index (χ3v) is 2.43. The Bertz CT molecular complexity index is 173. The fraction of sp³-hybridized carbons (Fsp3) is 0.909. The van der Waals surface area contributed by atoms with Gasteiger partial charge in [-0.15, -0.1) is 0 Å². The molecule has 0 spiro atoms. The van der Waals surface area contributed by atoms with E-state index in [4.69, 9.17) is 10.5 Å². The maximum atomic E-state index is 11.0. The molecule has 0 aliphatic heterocycles. The van der Waals surface area contributed by atoms with Gasteiger partial charge in [0, 0.05) is 6.61 Å². The molecular weight excluding hydrogens is 194 g/mol. The first-order valence-electron chi connectivity index (χ1n) is 5.56. The molecule has 2 atom stereocenters. The highest BCUT2D eigenvalue weighted by Gasteiger charge is 2.14. The first-order valence-corrected chi connectivity index (χ1v) is 5.56. The van der Waals surface area contributed by atoms with Crippen molar-refractivity contribution in [3.05, 3.63) is 0 Å². The lowest BCUT2D eigenvalue weighted by atomic mass is 10.0. The molecule has 0 aromatic carbocycles. The van der Waals surface area contributed by atoms with Gasteiger partial charge in [-0.05, 0) is 12.3 Å². The molecule has 0 saturated carbocycles. The van der Waals surface area contributed by atoms with Crippen LogP contribution < -0.4 is 5.73 Å². The number of methoxy groups -OCH3 is 1. The number of rotatable bonds is 8. The lowest BCUT2D eigenvalue weighted by molar-refractivity contribution is -0.143. The van der Waals surface area contributed by atoms with Crippen molar-refractivity contribution >= 4 is 5.97 Å². The molecule has 0 aliphatic carbocycles. The second-order valence-corrected chi connectivity index (χ2v) is 3.73. The Morgan fingerprint density at radius 2 is 2.00 bits per heavy atom. The highest BCUT2D eigenvalue weighted by Crippen LogP contribution is 2.10. The van der Waals surface area contributed by atoms with Crippen LogP contribution in [0.1, 0.15) is 33.1 Å². The van der Waals surface area contributed by atoms with Crippen molar-refractivity contribution in [2.45, 2.75) is 39.2 Å². The topological polar surface area (TPSA) is 61.5 Å². The predicted molar refractivity (Wildman–Crippen MR) is 59.5 cm³/mol. The van der Waals surface area contributed by atoms with Gasteiger partial charge in [-0.25, -0.2) is 0 Å². The second kappa shape index (κ2) is 8.68. The zero-order valence-corrected chi connectivity index (χ0v) is 9.99. The number of carbonyl (C=O) groups excluding carboxylic acids is 1. The van der Waals surface area contributed by atoms with Gasteiger partial charge in [-0.2, -0.15) is 0 Å². The van der Waals surface area contributed by atoms with Crippen LogP contribution in [-0.4, -0.2) is 32.3 Å². The van der Waals surface area contributed by atoms with E-state index in [-0.39, 0.29) is 6.61 Å². The van der Waals surface area contributed by atoms with Gasteiger partial charge >= 0.3 is 5.97 Å². The summed E-state index contributed by atoms with van der Waals surface area (Å²) >= 11 is 0. The highest BCUT2D eigenvalue weighted by atomic mass is 16.5. The van der Waals surface area contributed by atoms with Gasteiger partial charge in [-0.3, -0.25) is 4.79 Å². The van der Waals surface area contributed by atoms with Crippen LogP contribution in [0, 0.1) is 5.92 Å². The maximum absolute atomic E-state index is 11.0. The van der Waals surface area contributed by atoms with Crippen molar-refractivity contribution in [1.82, 2.24) is 0 Å². The van der Waals surface area contributed by atoms with E-state index in [9.17, 15) is 4.79 Å². The van der Waals surface area contributed by atoms with Crippen molar-refractivity contribution < 1.29 is 14.3 Å². The van der Waals surface area contributed by atoms with E-state index in [0.29, 0.717) is 12.5 Å². The molecule has 2 unspecified atom stereocenters. The molecule has 0 radical (unpaired) electrons. The maximum Gasteiger partial charge on any atom is 0.325 e. The summed E-state index contributed by atoms with van der Waals surface area (Å²) in [5, 5.41) is 0. The van der Waals surface area contributed by atoms with Crippen LogP contribution in [0.15, 0.2) is 0 Å². The van der Waals surface area contributed by atoms with Crippen LogP contribution in [0.5, 0.6) is 0 Å². The van der Waals surface area contributed by atoms with Gasteiger partial charge in [0.1, 0.15) is 6.04 Å². The molecule has 0 amide bonds. The van der Waals surface area contributed by atoms with E-state index in [1.165, 1.54) is 7.11 Å². The van der Waals surface area contributed by atoms with Crippen molar-refractivity contribution in [1.29, 1.82) is 0 Å². The lowest BCUT2D eigenvalue weighted by Crippen LogP contribution is -2.36. The minimum Gasteiger partial charge on any atom is -0.468 e. The van der Waals surface area contributed by atoms with Crippen LogP contribution in [0.25, 0.3) is 0 Å². The molecule has 0 bridgehead atoms. The van der Waals surface area contributed by atoms with E-state index in [1.54, 1.807) is 0 Å². The van der Waals surface area contributed by atoms with Crippen LogP contribution in [-0.2, 0) is 14.3 Å². The quantitative estimate of drug-likeness (QED) is 0.623. The Labute approximate surface area is 92.1 Å². The largest absolute Gasteiger partial charge is 0.468 e. The molecule has 4 nitrogen and oxygen atoms in total. The van der Waals surface area contributed by atoms with E-state index in [0.717, 1.165) is 19.3 Å². The van der Waals surface area contributed by atoms with Crippen LogP contribution in [0.4, 0.5) is 0 Å². The van der Waals surface area contributed by atoms with Crippen molar-refractivity contribution in [3.63, 3.8) is 0 Å². The SMILES string of the molecule is CCCC(CC)COCC(N)C(=O)OC. The molecule has 0 aromatic rings. The standard InChI is InChI=1S/C11H23NO3/c1-4-6-9(5-2)7-15-8-10(12)11(13)14-3/h9-10H,4-8,12H2,1-3H3. The summed E-state index contributed by atoms with van der Waals surface area (Å²) in [6.45, 7) is 5.22. The summed E-state index contributed by atoms with van der Waals surface area (Å²) in [5.74, 6) is 0.151. The van der Waals surface area contributed by atoms with E-state index in [2.05, 4.69) is 18.6 Å². The summed E-state index contributed by atoms with van der Waals surface area (Å²) in [6, 6.07) is -0.658. The minimum absolute atomic E-state index is 0.243. The zero-order valence-electron chi connectivity index (χ0n) is 9.99. The van der Waals surface area contributed by atoms with Gasteiger partial charge in [0.2, 0.25) is 0 Å². The number of nitrogens with two attached hydrogens (primary N) is 1. The second-order valence-electron chi connectivity index (χ2n) is 3.73. The van der Waals surface area contributed by atoms with Gasteiger partial charge in [0.15, 0.2) is 0 Å². The average molecular weight is 217 g/mol. The summed E-state index contributed by atoms with van der Waals surface area (Å²) in [5.41, 5.74) is 5.53. The smallest absolute Gasteiger partial charge is 0.325 e. The zero-order chi connectivity index (χ0) is 11.7. The van der Waals surface area contributed by atoms with Crippen LogP contribution >= 0.6 is 0 Å². The Morgan fingerprint density at radius 1 is 1.33 bits per heavy atom. The number of hydrogen-bond acceptors (Lipinski definition) is 4. The molecule has 0 heterocycles. The lowest BCUT2D eigenvalue weighted by Gasteiger charge is -2.15. The van der Waals surface area contributed by atoms with Crippen LogP contribution in [0.2, 0.25) is 0 Å². The van der Waals surface area contributed by atoms with Gasteiger partial charge < -0.3 is 15.2 Å². The molecule has 4 heteroatoms. The number of hydrogen-bond donors (Lipinski definition) is 1. The molecule has 2 N–H and O–H groups in total. The molecule has 90 valence electrons. The highest BCUT2D eigenvalue weighted by molar-refractivity contribution is 5.75. The monoisotopic (exact) mass is 217 g/mol. The first-order chi connectivity index (χ1) is 7.15. The van der Waals surface area contributed by atoms with Crippen LogP contribution in [0.3, 0.4) is 0 Å². The molecular formula is C11H23NO3. The van der Waals surface area contributed by atoms with E-state index in [1.807, 2.05) is 0 Å². The Hall–Kier alpha value is -0.610. The Balaban J connectivity index is 3.62. The third kappa shape index (κ3) is 6.47. The van der Waals surface area contributed by atoms with Gasteiger partial charge in [0.05, 0.1) is 13.7 Å². The summed E-state index contributed by atoms with van der Waals surface area (Å²) in [4.78, 5) is 11.0. The number of ether oxygens (including phenoxy) is 2. The molecule has 0 fully saturated rings. The van der Waals surface area contributed by atoms with Gasteiger partial charge in [-0.1, -0.05) is 26.7 Å². The number of esters is 1. The Kier molecular flexibility index (Phi) is 8.33. The van der Waals surface area contributed by atoms with Crippen molar-refractivity contribution in [3.8, 4) is 0 Å². The minimum atomic E-state index is -0.658. The normalized spacial score (nSPS) is 14.7. The third-order valence-electron chi connectivity index (χ3n) is 2.43. The Morgan fingerprint density at radius 3 is 2.47 bits per heavy atom. The van der Waals surface area contributed by atoms with E-state index < -0.39 is 12.0 Å². The van der Waals surface area contributed by atoms with Gasteiger partial charge in [0.25, 0.3) is 0 Å². The fourth-order valence-corrected chi connectivity index (χ4v) is 1.39. The number of carbonyl (C=O) groups is 1.